The quantitative estimate of drug-likeness (QED) is 0.879. The summed E-state index contributed by atoms with van der Waals surface area (Å²) in [6.45, 7) is -2.30. The van der Waals surface area contributed by atoms with E-state index in [-0.39, 0.29) is 11.2 Å². The average Bonchev–Trinajstić information content (AvgIpc) is 2.79. The number of alkyl halides is 2. The molecule has 0 radical (unpaired) electrons. The summed E-state index contributed by atoms with van der Waals surface area (Å²) in [5.74, 6) is 0.273. The van der Waals surface area contributed by atoms with Gasteiger partial charge in [0.2, 0.25) is 0 Å². The van der Waals surface area contributed by atoms with Gasteiger partial charge >= 0.3 is 6.61 Å². The first-order valence-corrected chi connectivity index (χ1v) is 5.92. The van der Waals surface area contributed by atoms with Gasteiger partial charge in [-0.3, -0.25) is 0 Å². The fourth-order valence-corrected chi connectivity index (χ4v) is 2.74. The summed E-state index contributed by atoms with van der Waals surface area (Å²) < 4.78 is 29.3. The van der Waals surface area contributed by atoms with Crippen LogP contribution in [0.1, 0.15) is 31.2 Å². The molecule has 1 aliphatic carbocycles. The number of benzene rings is 1. The lowest BCUT2D eigenvalue weighted by Crippen LogP contribution is -2.32. The van der Waals surface area contributed by atoms with E-state index < -0.39 is 6.61 Å². The van der Waals surface area contributed by atoms with Gasteiger partial charge in [0.1, 0.15) is 5.75 Å². The number of nitrogens with two attached hydrogens (primary N) is 1. The second-order valence-corrected chi connectivity index (χ2v) is 4.57. The highest BCUT2D eigenvalue weighted by atomic mass is 19.3. The van der Waals surface area contributed by atoms with Crippen LogP contribution in [0.2, 0.25) is 0 Å². The van der Waals surface area contributed by atoms with E-state index in [1.54, 1.807) is 12.1 Å². The molecule has 0 unspecified atom stereocenters. The van der Waals surface area contributed by atoms with Gasteiger partial charge in [-0.25, -0.2) is 0 Å². The van der Waals surface area contributed by atoms with E-state index in [0.717, 1.165) is 31.2 Å². The molecule has 1 fully saturated rings. The van der Waals surface area contributed by atoms with Crippen molar-refractivity contribution in [2.75, 3.05) is 6.54 Å². The number of hydrogen-bond acceptors (Lipinski definition) is 2. The molecule has 1 aromatic carbocycles. The van der Waals surface area contributed by atoms with Crippen LogP contribution in [0.25, 0.3) is 0 Å². The molecule has 0 saturated heterocycles. The van der Waals surface area contributed by atoms with Crippen LogP contribution in [-0.2, 0) is 5.41 Å². The second-order valence-electron chi connectivity index (χ2n) is 4.57. The first-order valence-electron chi connectivity index (χ1n) is 5.92. The van der Waals surface area contributed by atoms with Crippen molar-refractivity contribution in [3.05, 3.63) is 29.8 Å². The summed E-state index contributed by atoms with van der Waals surface area (Å²) >= 11 is 0. The maximum Gasteiger partial charge on any atom is 0.387 e. The highest BCUT2D eigenvalue weighted by Crippen LogP contribution is 2.44. The van der Waals surface area contributed by atoms with Crippen LogP contribution in [-0.4, -0.2) is 13.2 Å². The van der Waals surface area contributed by atoms with E-state index in [2.05, 4.69) is 4.74 Å². The Bertz CT molecular complexity index is 375. The highest BCUT2D eigenvalue weighted by Gasteiger charge is 2.36. The number of halogens is 2. The first-order chi connectivity index (χ1) is 8.18. The second kappa shape index (κ2) is 5.00. The van der Waals surface area contributed by atoms with Crippen LogP contribution in [0.5, 0.6) is 5.75 Å². The predicted octanol–water partition coefficient (Wildman–Crippen LogP) is 3.06. The lowest BCUT2D eigenvalue weighted by Gasteiger charge is -2.29. The summed E-state index contributed by atoms with van der Waals surface area (Å²) in [4.78, 5) is 0. The topological polar surface area (TPSA) is 35.2 Å². The van der Waals surface area contributed by atoms with Gasteiger partial charge in [-0.1, -0.05) is 31.0 Å². The van der Waals surface area contributed by atoms with E-state index in [1.165, 1.54) is 0 Å². The van der Waals surface area contributed by atoms with Gasteiger partial charge in [0.25, 0.3) is 0 Å². The van der Waals surface area contributed by atoms with Crippen molar-refractivity contribution in [2.24, 2.45) is 5.73 Å². The summed E-state index contributed by atoms with van der Waals surface area (Å²) in [5.41, 5.74) is 6.52. The lowest BCUT2D eigenvalue weighted by atomic mass is 9.78. The smallest absolute Gasteiger partial charge is 0.387 e. The van der Waals surface area contributed by atoms with Crippen molar-refractivity contribution in [3.8, 4) is 5.75 Å². The van der Waals surface area contributed by atoms with Crippen molar-refractivity contribution in [2.45, 2.75) is 37.7 Å². The van der Waals surface area contributed by atoms with Crippen LogP contribution in [0.4, 0.5) is 8.78 Å². The van der Waals surface area contributed by atoms with Crippen LogP contribution in [0, 0.1) is 0 Å². The van der Waals surface area contributed by atoms with Crippen molar-refractivity contribution in [3.63, 3.8) is 0 Å². The molecular formula is C13H17F2NO. The van der Waals surface area contributed by atoms with Crippen LogP contribution in [0.3, 0.4) is 0 Å². The summed E-state index contributed by atoms with van der Waals surface area (Å²) in [7, 11) is 0. The molecule has 0 amide bonds. The molecule has 0 atom stereocenters. The van der Waals surface area contributed by atoms with Crippen LogP contribution in [0.15, 0.2) is 24.3 Å². The third-order valence-corrected chi connectivity index (χ3v) is 3.63. The van der Waals surface area contributed by atoms with Gasteiger partial charge in [-0.05, 0) is 18.9 Å². The van der Waals surface area contributed by atoms with E-state index in [4.69, 9.17) is 5.73 Å². The Morgan fingerprint density at radius 3 is 2.47 bits per heavy atom. The Kier molecular flexibility index (Phi) is 3.62. The molecule has 0 heterocycles. The average molecular weight is 241 g/mol. The van der Waals surface area contributed by atoms with Gasteiger partial charge in [0.15, 0.2) is 0 Å². The minimum atomic E-state index is -2.78. The zero-order chi connectivity index (χ0) is 12.3. The Balaban J connectivity index is 2.36. The molecule has 0 bridgehead atoms. The van der Waals surface area contributed by atoms with Gasteiger partial charge in [0.05, 0.1) is 0 Å². The Hall–Kier alpha value is -1.16. The van der Waals surface area contributed by atoms with Crippen LogP contribution < -0.4 is 10.5 Å². The van der Waals surface area contributed by atoms with Crippen molar-refractivity contribution < 1.29 is 13.5 Å². The number of ether oxygens (including phenoxy) is 1. The van der Waals surface area contributed by atoms with Gasteiger partial charge in [0, 0.05) is 17.5 Å². The maximum atomic E-state index is 12.4. The van der Waals surface area contributed by atoms with Crippen LogP contribution >= 0.6 is 0 Å². The number of hydrogen-bond donors (Lipinski definition) is 1. The van der Waals surface area contributed by atoms with E-state index >= 15 is 0 Å². The molecule has 2 N–H and O–H groups in total. The Morgan fingerprint density at radius 1 is 1.24 bits per heavy atom. The SMILES string of the molecule is NCC1(c2ccccc2OC(F)F)CCCC1. The molecule has 0 aliphatic heterocycles. The third kappa shape index (κ3) is 2.41. The molecule has 94 valence electrons. The molecule has 4 heteroatoms. The fourth-order valence-electron chi connectivity index (χ4n) is 2.74. The van der Waals surface area contributed by atoms with E-state index in [1.807, 2.05) is 12.1 Å². The lowest BCUT2D eigenvalue weighted by molar-refractivity contribution is -0.0510. The summed E-state index contributed by atoms with van der Waals surface area (Å²) in [5, 5.41) is 0. The van der Waals surface area contributed by atoms with Crippen molar-refractivity contribution in [1.29, 1.82) is 0 Å². The fraction of sp³-hybridized carbons (Fsp3) is 0.538. The molecule has 1 aromatic rings. The largest absolute Gasteiger partial charge is 0.435 e. The van der Waals surface area contributed by atoms with Gasteiger partial charge in [-0.2, -0.15) is 8.78 Å². The third-order valence-electron chi connectivity index (χ3n) is 3.63. The molecule has 0 spiro atoms. The number of rotatable bonds is 4. The van der Waals surface area contributed by atoms with Gasteiger partial charge < -0.3 is 10.5 Å². The highest BCUT2D eigenvalue weighted by molar-refractivity contribution is 5.40. The van der Waals surface area contributed by atoms with E-state index in [9.17, 15) is 8.78 Å². The molecule has 17 heavy (non-hydrogen) atoms. The molecule has 1 saturated carbocycles. The maximum absolute atomic E-state index is 12.4. The van der Waals surface area contributed by atoms with Crippen molar-refractivity contribution in [1.82, 2.24) is 0 Å². The minimum absolute atomic E-state index is 0.175. The monoisotopic (exact) mass is 241 g/mol. The zero-order valence-electron chi connectivity index (χ0n) is 9.66. The van der Waals surface area contributed by atoms with Crippen molar-refractivity contribution >= 4 is 0 Å². The summed E-state index contributed by atoms with van der Waals surface area (Å²) in [6.07, 6.45) is 4.10. The molecule has 1 aliphatic rings. The molecule has 2 nitrogen and oxygen atoms in total. The standard InChI is InChI=1S/C13H17F2NO/c14-12(15)17-11-6-2-1-5-10(11)13(9-16)7-3-4-8-13/h1-2,5-6,12H,3-4,7-9,16H2. The molecular weight excluding hydrogens is 224 g/mol. The van der Waals surface area contributed by atoms with Gasteiger partial charge in [-0.15, -0.1) is 0 Å². The Morgan fingerprint density at radius 2 is 1.88 bits per heavy atom. The zero-order valence-corrected chi connectivity index (χ0v) is 9.66. The minimum Gasteiger partial charge on any atom is -0.435 e. The normalized spacial score (nSPS) is 18.6. The Labute approximate surface area is 99.8 Å². The summed E-state index contributed by atoms with van der Waals surface area (Å²) in [6, 6.07) is 7.01. The first kappa shape index (κ1) is 12.3. The number of para-hydroxylation sites is 1. The predicted molar refractivity (Wildman–Crippen MR) is 62.3 cm³/mol. The van der Waals surface area contributed by atoms with E-state index in [0.29, 0.717) is 6.54 Å². The molecule has 0 aromatic heterocycles. The molecule has 2 rings (SSSR count).